The highest BCUT2D eigenvalue weighted by molar-refractivity contribution is 9.10. The van der Waals surface area contributed by atoms with E-state index in [1.165, 1.54) is 23.9 Å². The lowest BCUT2D eigenvalue weighted by atomic mass is 10.2. The summed E-state index contributed by atoms with van der Waals surface area (Å²) < 4.78 is 26.6. The summed E-state index contributed by atoms with van der Waals surface area (Å²) in [5.41, 5.74) is 2.08. The maximum atomic E-state index is 12.8. The molecule has 0 spiro atoms. The van der Waals surface area contributed by atoms with Crippen molar-refractivity contribution in [3.05, 3.63) is 46.4 Å². The number of sulfone groups is 1. The quantitative estimate of drug-likeness (QED) is 0.645. The first-order chi connectivity index (χ1) is 13.7. The lowest BCUT2D eigenvalue weighted by Gasteiger charge is -2.14. The van der Waals surface area contributed by atoms with Gasteiger partial charge in [0, 0.05) is 33.1 Å². The molecule has 9 heteroatoms. The van der Waals surface area contributed by atoms with Crippen molar-refractivity contribution in [2.24, 2.45) is 5.92 Å². The molecule has 29 heavy (non-hydrogen) atoms. The van der Waals surface area contributed by atoms with Crippen molar-refractivity contribution < 1.29 is 18.0 Å². The van der Waals surface area contributed by atoms with Gasteiger partial charge in [-0.15, -0.1) is 11.8 Å². The number of hydrogen-bond acceptors (Lipinski definition) is 5. The van der Waals surface area contributed by atoms with E-state index in [1.807, 2.05) is 19.1 Å². The van der Waals surface area contributed by atoms with Crippen molar-refractivity contribution in [3.63, 3.8) is 0 Å². The van der Waals surface area contributed by atoms with E-state index in [-0.39, 0.29) is 22.5 Å². The summed E-state index contributed by atoms with van der Waals surface area (Å²) in [4.78, 5) is 25.2. The molecule has 1 aliphatic heterocycles. The third-order valence-corrected chi connectivity index (χ3v) is 8.39. The van der Waals surface area contributed by atoms with Crippen LogP contribution in [0.5, 0.6) is 0 Å². The van der Waals surface area contributed by atoms with E-state index in [1.54, 1.807) is 19.1 Å². The van der Waals surface area contributed by atoms with Crippen molar-refractivity contribution in [2.45, 2.75) is 30.1 Å². The fourth-order valence-corrected chi connectivity index (χ4v) is 5.64. The van der Waals surface area contributed by atoms with Crippen molar-refractivity contribution in [3.8, 4) is 0 Å². The van der Waals surface area contributed by atoms with E-state index in [0.717, 1.165) is 14.9 Å². The molecule has 0 aromatic heterocycles. The minimum absolute atomic E-state index is 0.0955. The maximum Gasteiger partial charge on any atom is 0.228 e. The maximum absolute atomic E-state index is 12.8. The molecule has 1 heterocycles. The molecule has 1 atom stereocenters. The molecule has 0 saturated heterocycles. The van der Waals surface area contributed by atoms with E-state index in [9.17, 15) is 18.0 Å². The normalized spacial score (nSPS) is 15.1. The Morgan fingerprint density at radius 1 is 1.28 bits per heavy atom. The zero-order valence-electron chi connectivity index (χ0n) is 16.0. The molecular weight excluding hydrogens is 476 g/mol. The second-order valence-electron chi connectivity index (χ2n) is 6.94. The summed E-state index contributed by atoms with van der Waals surface area (Å²) >= 11 is 4.91. The zero-order valence-corrected chi connectivity index (χ0v) is 19.2. The average molecular weight is 497 g/mol. The lowest BCUT2D eigenvalue weighted by molar-refractivity contribution is -0.119. The first kappa shape index (κ1) is 21.9. The Kier molecular flexibility index (Phi) is 6.70. The molecule has 3 rings (SSSR count). The standard InChI is InChI=1S/C20H21BrN2O4S2/c1-12-9-14(3-5-16(12)21)22-20(25)13(2)11-29(26,27)15-4-6-18-17(10-15)23-19(24)7-8-28-18/h3-6,9-10,13H,7-8,11H2,1-2H3,(H,22,25)(H,23,24)/t13-/m1/s1. The van der Waals surface area contributed by atoms with Crippen LogP contribution in [0.15, 0.2) is 50.7 Å². The van der Waals surface area contributed by atoms with Gasteiger partial charge in [-0.25, -0.2) is 8.42 Å². The number of hydrogen-bond donors (Lipinski definition) is 2. The van der Waals surface area contributed by atoms with Crippen molar-refractivity contribution >= 4 is 60.7 Å². The van der Waals surface area contributed by atoms with Crippen LogP contribution in [0.2, 0.25) is 0 Å². The summed E-state index contributed by atoms with van der Waals surface area (Å²) in [6, 6.07) is 10.1. The highest BCUT2D eigenvalue weighted by Crippen LogP contribution is 2.33. The molecule has 0 aliphatic carbocycles. The van der Waals surface area contributed by atoms with Crippen LogP contribution in [0.3, 0.4) is 0 Å². The molecule has 1 aliphatic rings. The van der Waals surface area contributed by atoms with Crippen LogP contribution in [-0.4, -0.2) is 31.7 Å². The van der Waals surface area contributed by atoms with Gasteiger partial charge in [0.15, 0.2) is 9.84 Å². The predicted octanol–water partition coefficient (Wildman–Crippen LogP) is 4.24. The van der Waals surface area contributed by atoms with E-state index in [2.05, 4.69) is 26.6 Å². The fourth-order valence-electron chi connectivity index (χ4n) is 2.88. The van der Waals surface area contributed by atoms with Gasteiger partial charge < -0.3 is 10.6 Å². The van der Waals surface area contributed by atoms with Gasteiger partial charge in [0.05, 0.1) is 16.3 Å². The summed E-state index contributed by atoms with van der Waals surface area (Å²) in [6.07, 6.45) is 0.383. The number of carbonyl (C=O) groups excluding carboxylic acids is 2. The molecule has 2 N–H and O–H groups in total. The molecule has 2 aromatic carbocycles. The SMILES string of the molecule is Cc1cc(NC(=O)[C@H](C)CS(=O)(=O)c2ccc3c(c2)NC(=O)CCS3)ccc1Br. The Hall–Kier alpha value is -1.84. The number of fused-ring (bicyclic) bond motifs is 1. The molecule has 154 valence electrons. The van der Waals surface area contributed by atoms with Crippen LogP contribution in [0.25, 0.3) is 0 Å². The third kappa shape index (κ3) is 5.40. The number of halogens is 1. The van der Waals surface area contributed by atoms with Gasteiger partial charge in [0.2, 0.25) is 11.8 Å². The Labute approximate surface area is 182 Å². The Morgan fingerprint density at radius 2 is 2.03 bits per heavy atom. The number of benzene rings is 2. The Bertz CT molecular complexity index is 1070. The van der Waals surface area contributed by atoms with Crippen LogP contribution in [0.1, 0.15) is 18.9 Å². The molecule has 0 saturated carbocycles. The number of rotatable bonds is 5. The molecule has 0 unspecified atom stereocenters. The monoisotopic (exact) mass is 496 g/mol. The lowest BCUT2D eigenvalue weighted by Crippen LogP contribution is -2.27. The van der Waals surface area contributed by atoms with Crippen molar-refractivity contribution in [1.82, 2.24) is 0 Å². The molecule has 2 aromatic rings. The van der Waals surface area contributed by atoms with Gasteiger partial charge in [-0.05, 0) is 48.9 Å². The molecule has 0 fully saturated rings. The number of thioether (sulfide) groups is 1. The van der Waals surface area contributed by atoms with Crippen LogP contribution in [-0.2, 0) is 19.4 Å². The second-order valence-corrected chi connectivity index (χ2v) is 11.0. The fraction of sp³-hybridized carbons (Fsp3) is 0.300. The predicted molar refractivity (Wildman–Crippen MR) is 119 cm³/mol. The summed E-state index contributed by atoms with van der Waals surface area (Å²) in [5.74, 6) is -0.921. The number of carbonyl (C=O) groups is 2. The minimum atomic E-state index is -3.70. The summed E-state index contributed by atoms with van der Waals surface area (Å²) in [6.45, 7) is 3.49. The smallest absolute Gasteiger partial charge is 0.228 e. The van der Waals surface area contributed by atoms with Gasteiger partial charge in [-0.2, -0.15) is 0 Å². The Balaban J connectivity index is 1.73. The van der Waals surface area contributed by atoms with Crippen LogP contribution in [0.4, 0.5) is 11.4 Å². The number of anilines is 2. The van der Waals surface area contributed by atoms with Gasteiger partial charge >= 0.3 is 0 Å². The number of nitrogens with one attached hydrogen (secondary N) is 2. The summed E-state index contributed by atoms with van der Waals surface area (Å²) in [5, 5.41) is 5.51. The van der Waals surface area contributed by atoms with Gasteiger partial charge in [0.1, 0.15) is 0 Å². The van der Waals surface area contributed by atoms with Crippen LogP contribution < -0.4 is 10.6 Å². The second kappa shape index (κ2) is 8.89. The van der Waals surface area contributed by atoms with E-state index < -0.39 is 15.8 Å². The topological polar surface area (TPSA) is 92.3 Å². The van der Waals surface area contributed by atoms with Crippen LogP contribution in [0, 0.1) is 12.8 Å². The molecular formula is C20H21BrN2O4S2. The van der Waals surface area contributed by atoms with E-state index in [4.69, 9.17) is 0 Å². The highest BCUT2D eigenvalue weighted by atomic mass is 79.9. The van der Waals surface area contributed by atoms with Gasteiger partial charge in [0.25, 0.3) is 0 Å². The van der Waals surface area contributed by atoms with Gasteiger partial charge in [-0.1, -0.05) is 22.9 Å². The number of aryl methyl sites for hydroxylation is 1. The van der Waals surface area contributed by atoms with E-state index in [0.29, 0.717) is 23.5 Å². The Morgan fingerprint density at radius 3 is 2.76 bits per heavy atom. The first-order valence-electron chi connectivity index (χ1n) is 9.02. The van der Waals surface area contributed by atoms with E-state index >= 15 is 0 Å². The molecule has 6 nitrogen and oxygen atoms in total. The van der Waals surface area contributed by atoms with Crippen molar-refractivity contribution in [1.29, 1.82) is 0 Å². The van der Waals surface area contributed by atoms with Crippen molar-refractivity contribution in [2.75, 3.05) is 22.1 Å². The molecule has 0 radical (unpaired) electrons. The minimum Gasteiger partial charge on any atom is -0.326 e. The average Bonchev–Trinajstić information content (AvgIpc) is 2.84. The first-order valence-corrected chi connectivity index (χ1v) is 12.5. The molecule has 0 bridgehead atoms. The zero-order chi connectivity index (χ0) is 21.2. The largest absolute Gasteiger partial charge is 0.326 e. The molecule has 2 amide bonds. The number of amides is 2. The van der Waals surface area contributed by atoms with Crippen LogP contribution >= 0.6 is 27.7 Å². The third-order valence-electron chi connectivity index (χ3n) is 4.51. The summed E-state index contributed by atoms with van der Waals surface area (Å²) in [7, 11) is -3.70. The highest BCUT2D eigenvalue weighted by Gasteiger charge is 2.25. The van der Waals surface area contributed by atoms with Gasteiger partial charge in [-0.3, -0.25) is 9.59 Å².